The van der Waals surface area contributed by atoms with Gasteiger partial charge in [-0.3, -0.25) is 14.4 Å². The molecule has 0 N–H and O–H groups in total. The van der Waals surface area contributed by atoms with Gasteiger partial charge in [0.25, 0.3) is 0 Å². The molecule has 114 valence electrons. The number of anilines is 1. The lowest BCUT2D eigenvalue weighted by atomic mass is 10.2. The Kier molecular flexibility index (Phi) is 6.19. The minimum Gasteiger partial charge on any atom is -0.495 e. The summed E-state index contributed by atoms with van der Waals surface area (Å²) >= 11 is 0. The van der Waals surface area contributed by atoms with E-state index in [-0.39, 0.29) is 13.1 Å². The Morgan fingerprint density at radius 2 is 1.67 bits per heavy atom. The third-order valence-corrected chi connectivity index (χ3v) is 2.77. The maximum Gasteiger partial charge on any atom is 0.325 e. The van der Waals surface area contributed by atoms with Crippen LogP contribution in [0.3, 0.4) is 0 Å². The number of hydrogen-bond acceptors (Lipinski definition) is 7. The smallest absolute Gasteiger partial charge is 0.325 e. The first-order chi connectivity index (χ1) is 10.0. The summed E-state index contributed by atoms with van der Waals surface area (Å²) in [6.45, 7) is -0.353. The maximum atomic E-state index is 11.5. The van der Waals surface area contributed by atoms with E-state index in [2.05, 4.69) is 9.47 Å². The monoisotopic (exact) mass is 295 g/mol. The lowest BCUT2D eigenvalue weighted by molar-refractivity contribution is -0.140. The topological polar surface area (TPSA) is 82.1 Å². The van der Waals surface area contributed by atoms with Gasteiger partial charge in [-0.2, -0.15) is 0 Å². The maximum absolute atomic E-state index is 11.5. The number of carbonyl (C=O) groups excluding carboxylic acids is 3. The summed E-state index contributed by atoms with van der Waals surface area (Å²) in [4.78, 5) is 35.3. The normalized spacial score (nSPS) is 9.67. The number of hydrogen-bond donors (Lipinski definition) is 0. The van der Waals surface area contributed by atoms with Crippen molar-refractivity contribution in [3.63, 3.8) is 0 Å². The van der Waals surface area contributed by atoms with E-state index in [1.807, 2.05) is 0 Å². The van der Waals surface area contributed by atoms with E-state index in [4.69, 9.17) is 4.74 Å². The van der Waals surface area contributed by atoms with Crippen LogP contribution in [0.1, 0.15) is 10.4 Å². The van der Waals surface area contributed by atoms with Gasteiger partial charge >= 0.3 is 11.9 Å². The molecule has 7 nitrogen and oxygen atoms in total. The number of methoxy groups -OCH3 is 3. The van der Waals surface area contributed by atoms with Crippen LogP contribution in [0, 0.1) is 0 Å². The zero-order valence-electron chi connectivity index (χ0n) is 12.1. The standard InChI is InChI=1S/C14H17NO6/c1-19-12-5-4-10(9-16)6-11(12)15(7-13(17)20-2)8-14(18)21-3/h4-6,9H,7-8H2,1-3H3. The number of ether oxygens (including phenoxy) is 3. The van der Waals surface area contributed by atoms with E-state index in [1.54, 1.807) is 12.1 Å². The molecule has 1 aromatic rings. The van der Waals surface area contributed by atoms with Crippen molar-refractivity contribution < 1.29 is 28.6 Å². The fourth-order valence-electron chi connectivity index (χ4n) is 1.69. The van der Waals surface area contributed by atoms with Crippen LogP contribution in [0.5, 0.6) is 5.75 Å². The number of aldehydes is 1. The first-order valence-corrected chi connectivity index (χ1v) is 6.07. The van der Waals surface area contributed by atoms with Crippen LogP contribution in [0.4, 0.5) is 5.69 Å². The van der Waals surface area contributed by atoms with E-state index in [0.717, 1.165) is 0 Å². The molecular formula is C14H17NO6. The molecule has 7 heteroatoms. The summed E-state index contributed by atoms with van der Waals surface area (Å²) in [5, 5.41) is 0. The number of rotatable bonds is 7. The van der Waals surface area contributed by atoms with Gasteiger partial charge < -0.3 is 19.1 Å². The van der Waals surface area contributed by atoms with Gasteiger partial charge in [0.1, 0.15) is 25.1 Å². The Hall–Kier alpha value is -2.57. The highest BCUT2D eigenvalue weighted by Gasteiger charge is 2.20. The van der Waals surface area contributed by atoms with Crippen molar-refractivity contribution in [3.8, 4) is 5.75 Å². The molecule has 0 saturated carbocycles. The van der Waals surface area contributed by atoms with Gasteiger partial charge in [-0.25, -0.2) is 0 Å². The summed E-state index contributed by atoms with van der Waals surface area (Å²) < 4.78 is 14.4. The van der Waals surface area contributed by atoms with E-state index in [1.165, 1.54) is 32.3 Å². The zero-order chi connectivity index (χ0) is 15.8. The quantitative estimate of drug-likeness (QED) is 0.540. The van der Waals surface area contributed by atoms with Crippen molar-refractivity contribution in [1.29, 1.82) is 0 Å². The van der Waals surface area contributed by atoms with Crippen molar-refractivity contribution in [2.45, 2.75) is 0 Å². The molecule has 0 amide bonds. The third-order valence-electron chi connectivity index (χ3n) is 2.77. The minimum absolute atomic E-state index is 0.176. The summed E-state index contributed by atoms with van der Waals surface area (Å²) in [7, 11) is 3.95. The van der Waals surface area contributed by atoms with Crippen LogP contribution in [-0.2, 0) is 19.1 Å². The summed E-state index contributed by atoms with van der Waals surface area (Å²) in [5.74, 6) is -0.636. The molecule has 21 heavy (non-hydrogen) atoms. The van der Waals surface area contributed by atoms with Gasteiger partial charge in [0.2, 0.25) is 0 Å². The van der Waals surface area contributed by atoms with Crippen molar-refractivity contribution in [3.05, 3.63) is 23.8 Å². The second kappa shape index (κ2) is 7.88. The lowest BCUT2D eigenvalue weighted by Gasteiger charge is -2.24. The highest BCUT2D eigenvalue weighted by molar-refractivity contribution is 5.85. The van der Waals surface area contributed by atoms with E-state index >= 15 is 0 Å². The molecule has 0 atom stereocenters. The highest BCUT2D eigenvalue weighted by Crippen LogP contribution is 2.29. The largest absolute Gasteiger partial charge is 0.495 e. The predicted octanol–water partition coefficient (Wildman–Crippen LogP) is 0.660. The molecule has 1 aromatic carbocycles. The molecular weight excluding hydrogens is 278 g/mol. The predicted molar refractivity (Wildman–Crippen MR) is 74.6 cm³/mol. The highest BCUT2D eigenvalue weighted by atomic mass is 16.5. The van der Waals surface area contributed by atoms with Crippen molar-refractivity contribution in [2.75, 3.05) is 39.3 Å². The summed E-state index contributed by atoms with van der Waals surface area (Å²) in [6.07, 6.45) is 0.664. The Bertz CT molecular complexity index is 510. The molecule has 0 bridgehead atoms. The summed E-state index contributed by atoms with van der Waals surface area (Å²) in [5.41, 5.74) is 0.823. The first kappa shape index (κ1) is 16.5. The SMILES string of the molecule is COC(=O)CN(CC(=O)OC)c1cc(C=O)ccc1OC. The number of carbonyl (C=O) groups is 3. The molecule has 1 rings (SSSR count). The van der Waals surface area contributed by atoms with Gasteiger partial charge in [0.15, 0.2) is 0 Å². The Morgan fingerprint density at radius 1 is 1.10 bits per heavy atom. The second-order valence-electron chi connectivity index (χ2n) is 4.06. The van der Waals surface area contributed by atoms with Crippen LogP contribution in [0.15, 0.2) is 18.2 Å². The van der Waals surface area contributed by atoms with Crippen LogP contribution in [0.25, 0.3) is 0 Å². The lowest BCUT2D eigenvalue weighted by Crippen LogP contribution is -2.36. The van der Waals surface area contributed by atoms with Gasteiger partial charge in [0, 0.05) is 5.56 Å². The van der Waals surface area contributed by atoms with E-state index in [9.17, 15) is 14.4 Å². The fourth-order valence-corrected chi connectivity index (χ4v) is 1.69. The molecule has 0 heterocycles. The van der Waals surface area contributed by atoms with Crippen LogP contribution < -0.4 is 9.64 Å². The van der Waals surface area contributed by atoms with Crippen LogP contribution in [0.2, 0.25) is 0 Å². The molecule has 0 radical (unpaired) electrons. The van der Waals surface area contributed by atoms with Crippen molar-refractivity contribution >= 4 is 23.9 Å². The molecule has 0 unspecified atom stereocenters. The Labute approximate surface area is 122 Å². The van der Waals surface area contributed by atoms with E-state index in [0.29, 0.717) is 23.3 Å². The molecule has 0 aliphatic rings. The van der Waals surface area contributed by atoms with E-state index < -0.39 is 11.9 Å². The van der Waals surface area contributed by atoms with Crippen LogP contribution >= 0.6 is 0 Å². The van der Waals surface area contributed by atoms with Crippen LogP contribution in [-0.4, -0.2) is 52.6 Å². The molecule has 0 spiro atoms. The Balaban J connectivity index is 3.18. The number of esters is 2. The molecule has 0 fully saturated rings. The van der Waals surface area contributed by atoms with Gasteiger partial charge in [-0.05, 0) is 18.2 Å². The van der Waals surface area contributed by atoms with Gasteiger partial charge in [-0.15, -0.1) is 0 Å². The number of nitrogens with zero attached hydrogens (tertiary/aromatic N) is 1. The fraction of sp³-hybridized carbons (Fsp3) is 0.357. The van der Waals surface area contributed by atoms with Crippen molar-refractivity contribution in [2.24, 2.45) is 0 Å². The van der Waals surface area contributed by atoms with Crippen molar-refractivity contribution in [1.82, 2.24) is 0 Å². The second-order valence-corrected chi connectivity index (χ2v) is 4.06. The van der Waals surface area contributed by atoms with Gasteiger partial charge in [-0.1, -0.05) is 0 Å². The summed E-state index contributed by atoms with van der Waals surface area (Å²) in [6, 6.07) is 4.68. The molecule has 0 aromatic heterocycles. The third kappa shape index (κ3) is 4.48. The first-order valence-electron chi connectivity index (χ1n) is 6.07. The zero-order valence-corrected chi connectivity index (χ0v) is 12.1. The Morgan fingerprint density at radius 3 is 2.10 bits per heavy atom. The average Bonchev–Trinajstić information content (AvgIpc) is 2.52. The number of benzene rings is 1. The van der Waals surface area contributed by atoms with Gasteiger partial charge in [0.05, 0.1) is 27.0 Å². The minimum atomic E-state index is -0.530. The molecule has 0 aliphatic heterocycles. The molecule has 0 saturated heterocycles. The molecule has 0 aliphatic carbocycles. The average molecular weight is 295 g/mol.